The fourth-order valence-corrected chi connectivity index (χ4v) is 2.97. The van der Waals surface area contributed by atoms with E-state index in [0.717, 1.165) is 5.56 Å². The lowest BCUT2D eigenvalue weighted by Gasteiger charge is -2.10. The molecule has 0 fully saturated rings. The van der Waals surface area contributed by atoms with E-state index in [4.69, 9.17) is 14.3 Å². The number of benzene rings is 1. The fraction of sp³-hybridized carbons (Fsp3) is 0.250. The quantitative estimate of drug-likeness (QED) is 0.792. The topological polar surface area (TPSA) is 106 Å². The lowest BCUT2D eigenvalue weighted by atomic mass is 10.2. The number of carboxylic acids is 1. The summed E-state index contributed by atoms with van der Waals surface area (Å²) in [4.78, 5) is 22.7. The standard InChI is InChI=1S/C16H17NO6S/c1-10-3-5-13(22-2)12(7-10)17-15(18)9-24(21)8-11-4-6-14(23-11)16(19)20/h3-7H,8-9H2,1-2H3,(H,17,18)(H,19,20). The highest BCUT2D eigenvalue weighted by Crippen LogP contribution is 2.25. The highest BCUT2D eigenvalue weighted by Gasteiger charge is 2.15. The Labute approximate surface area is 141 Å². The van der Waals surface area contributed by atoms with Crippen molar-refractivity contribution in [1.82, 2.24) is 0 Å². The van der Waals surface area contributed by atoms with E-state index in [1.54, 1.807) is 12.1 Å². The number of anilines is 1. The number of hydrogen-bond acceptors (Lipinski definition) is 5. The van der Waals surface area contributed by atoms with Crippen LogP contribution in [0.2, 0.25) is 0 Å². The minimum absolute atomic E-state index is 0.0361. The maximum absolute atomic E-state index is 12.0. The average Bonchev–Trinajstić information content (AvgIpc) is 2.95. The van der Waals surface area contributed by atoms with E-state index in [1.165, 1.54) is 19.2 Å². The number of ether oxygens (including phenoxy) is 1. The molecule has 1 unspecified atom stereocenters. The molecule has 0 saturated carbocycles. The Balaban J connectivity index is 1.95. The van der Waals surface area contributed by atoms with Crippen LogP contribution >= 0.6 is 0 Å². The largest absolute Gasteiger partial charge is 0.495 e. The van der Waals surface area contributed by atoms with Crippen LogP contribution in [-0.4, -0.2) is 34.1 Å². The van der Waals surface area contributed by atoms with E-state index in [9.17, 15) is 13.8 Å². The van der Waals surface area contributed by atoms with Crippen molar-refractivity contribution in [3.8, 4) is 5.75 Å². The summed E-state index contributed by atoms with van der Waals surface area (Å²) in [6, 6.07) is 8.06. The van der Waals surface area contributed by atoms with E-state index in [0.29, 0.717) is 11.4 Å². The number of methoxy groups -OCH3 is 1. The van der Waals surface area contributed by atoms with Gasteiger partial charge in [0.15, 0.2) is 0 Å². The summed E-state index contributed by atoms with van der Waals surface area (Å²) in [5.41, 5.74) is 1.45. The third-order valence-corrected chi connectivity index (χ3v) is 4.29. The minimum Gasteiger partial charge on any atom is -0.495 e. The Morgan fingerprint density at radius 1 is 1.29 bits per heavy atom. The Morgan fingerprint density at radius 2 is 2.04 bits per heavy atom. The summed E-state index contributed by atoms with van der Waals surface area (Å²) in [5.74, 6) is -1.36. The third-order valence-electron chi connectivity index (χ3n) is 3.10. The van der Waals surface area contributed by atoms with Gasteiger partial charge in [-0.3, -0.25) is 9.00 Å². The van der Waals surface area contributed by atoms with Crippen LogP contribution in [0.3, 0.4) is 0 Å². The summed E-state index contributed by atoms with van der Waals surface area (Å²) in [6.07, 6.45) is 0. The first-order valence-electron chi connectivity index (χ1n) is 7.00. The number of nitrogens with one attached hydrogen (secondary N) is 1. The van der Waals surface area contributed by atoms with Gasteiger partial charge in [0.2, 0.25) is 11.7 Å². The number of rotatable bonds is 7. The minimum atomic E-state index is -1.53. The van der Waals surface area contributed by atoms with Gasteiger partial charge in [-0.05, 0) is 36.8 Å². The monoisotopic (exact) mass is 351 g/mol. The average molecular weight is 351 g/mol. The van der Waals surface area contributed by atoms with E-state index in [1.807, 2.05) is 13.0 Å². The molecule has 2 N–H and O–H groups in total. The molecule has 1 heterocycles. The molecule has 2 rings (SSSR count). The van der Waals surface area contributed by atoms with Gasteiger partial charge in [0.1, 0.15) is 17.3 Å². The molecular formula is C16H17NO6S. The summed E-state index contributed by atoms with van der Waals surface area (Å²) < 4.78 is 22.2. The molecule has 0 radical (unpaired) electrons. The Morgan fingerprint density at radius 3 is 2.67 bits per heavy atom. The molecular weight excluding hydrogens is 334 g/mol. The molecule has 1 amide bonds. The van der Waals surface area contributed by atoms with E-state index >= 15 is 0 Å². The first-order chi connectivity index (χ1) is 11.4. The number of carbonyl (C=O) groups excluding carboxylic acids is 1. The summed E-state index contributed by atoms with van der Waals surface area (Å²) in [6.45, 7) is 1.88. The molecule has 24 heavy (non-hydrogen) atoms. The summed E-state index contributed by atoms with van der Waals surface area (Å²) in [5, 5.41) is 11.4. The van der Waals surface area contributed by atoms with Crippen molar-refractivity contribution in [3.05, 3.63) is 47.4 Å². The second-order valence-corrected chi connectivity index (χ2v) is 6.51. The van der Waals surface area contributed by atoms with E-state index < -0.39 is 22.7 Å². The van der Waals surface area contributed by atoms with Gasteiger partial charge in [0.05, 0.1) is 18.6 Å². The summed E-state index contributed by atoms with van der Waals surface area (Å²) in [7, 11) is -0.0326. The van der Waals surface area contributed by atoms with Crippen LogP contribution in [0.5, 0.6) is 5.75 Å². The first-order valence-corrected chi connectivity index (χ1v) is 8.49. The molecule has 0 aliphatic carbocycles. The van der Waals surface area contributed by atoms with Gasteiger partial charge in [-0.25, -0.2) is 4.79 Å². The zero-order valence-corrected chi connectivity index (χ0v) is 14.0. The fourth-order valence-electron chi connectivity index (χ4n) is 2.03. The molecule has 1 aromatic heterocycles. The van der Waals surface area contributed by atoms with Crippen molar-refractivity contribution in [2.75, 3.05) is 18.2 Å². The second kappa shape index (κ2) is 7.78. The smallest absolute Gasteiger partial charge is 0.371 e. The molecule has 0 saturated heterocycles. The van der Waals surface area contributed by atoms with Crippen molar-refractivity contribution in [1.29, 1.82) is 0 Å². The van der Waals surface area contributed by atoms with Gasteiger partial charge in [0.25, 0.3) is 0 Å². The first kappa shape index (κ1) is 17.7. The zero-order chi connectivity index (χ0) is 17.7. The summed E-state index contributed by atoms with van der Waals surface area (Å²) >= 11 is 0. The lowest BCUT2D eigenvalue weighted by molar-refractivity contribution is -0.113. The van der Waals surface area contributed by atoms with Crippen LogP contribution in [0.4, 0.5) is 5.69 Å². The number of hydrogen-bond donors (Lipinski definition) is 2. The normalized spacial score (nSPS) is 11.8. The van der Waals surface area contributed by atoms with Gasteiger partial charge in [-0.2, -0.15) is 0 Å². The second-order valence-electron chi connectivity index (χ2n) is 5.05. The van der Waals surface area contributed by atoms with Gasteiger partial charge in [-0.15, -0.1) is 0 Å². The predicted molar refractivity (Wildman–Crippen MR) is 88.7 cm³/mol. The van der Waals surface area contributed by atoms with Crippen LogP contribution in [0.25, 0.3) is 0 Å². The number of amides is 1. The van der Waals surface area contributed by atoms with Crippen molar-refractivity contribution >= 4 is 28.4 Å². The highest BCUT2D eigenvalue weighted by atomic mass is 32.2. The molecule has 0 bridgehead atoms. The van der Waals surface area contributed by atoms with Gasteiger partial charge in [0, 0.05) is 10.8 Å². The van der Waals surface area contributed by atoms with E-state index in [2.05, 4.69) is 5.32 Å². The Bertz CT molecular complexity index is 783. The molecule has 0 spiro atoms. The van der Waals surface area contributed by atoms with Crippen LogP contribution in [-0.2, 0) is 21.3 Å². The Kier molecular flexibility index (Phi) is 5.75. The molecule has 0 aliphatic heterocycles. The number of carboxylic acid groups (broad SMARTS) is 1. The van der Waals surface area contributed by atoms with E-state index in [-0.39, 0.29) is 23.0 Å². The molecule has 128 valence electrons. The van der Waals surface area contributed by atoms with Crippen molar-refractivity contribution < 1.29 is 28.1 Å². The van der Waals surface area contributed by atoms with Crippen LogP contribution in [0, 0.1) is 6.92 Å². The van der Waals surface area contributed by atoms with Crippen molar-refractivity contribution in [2.45, 2.75) is 12.7 Å². The van der Waals surface area contributed by atoms with Crippen LogP contribution in [0.1, 0.15) is 21.9 Å². The van der Waals surface area contributed by atoms with Crippen molar-refractivity contribution in [3.63, 3.8) is 0 Å². The highest BCUT2D eigenvalue weighted by molar-refractivity contribution is 7.84. The number of carbonyl (C=O) groups is 2. The number of aryl methyl sites for hydroxylation is 1. The molecule has 2 aromatic rings. The maximum atomic E-state index is 12.0. The van der Waals surface area contributed by atoms with Crippen LogP contribution in [0.15, 0.2) is 34.7 Å². The third kappa shape index (κ3) is 4.69. The van der Waals surface area contributed by atoms with Crippen molar-refractivity contribution in [2.24, 2.45) is 0 Å². The van der Waals surface area contributed by atoms with Crippen LogP contribution < -0.4 is 10.1 Å². The predicted octanol–water partition coefficient (Wildman–Crippen LogP) is 2.18. The Hall–Kier alpha value is -2.61. The van der Waals surface area contributed by atoms with Gasteiger partial charge < -0.3 is 19.6 Å². The molecule has 0 aliphatic rings. The van der Waals surface area contributed by atoms with Gasteiger partial charge >= 0.3 is 5.97 Å². The number of aromatic carboxylic acids is 1. The molecule has 7 nitrogen and oxygen atoms in total. The lowest BCUT2D eigenvalue weighted by Crippen LogP contribution is -2.20. The molecule has 1 atom stereocenters. The molecule has 1 aromatic carbocycles. The van der Waals surface area contributed by atoms with Gasteiger partial charge in [-0.1, -0.05) is 6.07 Å². The number of furan rings is 1. The zero-order valence-electron chi connectivity index (χ0n) is 13.2. The maximum Gasteiger partial charge on any atom is 0.371 e. The molecule has 8 heteroatoms. The SMILES string of the molecule is COc1ccc(C)cc1NC(=O)CS(=O)Cc1ccc(C(=O)O)o1.